The molecule has 0 bridgehead atoms. The van der Waals surface area contributed by atoms with E-state index in [4.69, 9.17) is 35.3 Å². The number of rotatable bonds is 30. The normalized spacial score (nSPS) is 16.2. The quantitative estimate of drug-likeness (QED) is 0.0269. The molecule has 5 aromatic rings. The molecule has 3 atom stereocenters. The number of hydrogen-bond acceptors (Lipinski definition) is 18. The number of para-hydroxylation sites is 1. The van der Waals surface area contributed by atoms with Crippen molar-refractivity contribution in [1.29, 1.82) is 0 Å². The maximum atomic E-state index is 14.0. The molecule has 468 valence electrons. The summed E-state index contributed by atoms with van der Waals surface area (Å²) >= 11 is 8.09. The van der Waals surface area contributed by atoms with Crippen molar-refractivity contribution in [2.75, 3.05) is 83.1 Å². The highest BCUT2D eigenvalue weighted by molar-refractivity contribution is 7.92. The second kappa shape index (κ2) is 31.6. The van der Waals surface area contributed by atoms with Gasteiger partial charge in [0, 0.05) is 39.0 Å². The smallest absolute Gasteiger partial charge is 0.246 e. The predicted molar refractivity (Wildman–Crippen MR) is 332 cm³/mol. The van der Waals surface area contributed by atoms with Crippen molar-refractivity contribution in [3.05, 3.63) is 99.8 Å². The summed E-state index contributed by atoms with van der Waals surface area (Å²) in [6.07, 6.45) is 2.38. The molecule has 2 aliphatic heterocycles. The first kappa shape index (κ1) is 67.2. The molecule has 0 spiro atoms. The van der Waals surface area contributed by atoms with Crippen molar-refractivity contribution in [1.82, 2.24) is 35.4 Å². The second-order valence-electron chi connectivity index (χ2n) is 23.2. The van der Waals surface area contributed by atoms with Gasteiger partial charge in [-0.05, 0) is 112 Å². The van der Waals surface area contributed by atoms with Crippen LogP contribution in [0.4, 0.5) is 23.1 Å². The van der Waals surface area contributed by atoms with Crippen LogP contribution in [0.25, 0.3) is 10.4 Å². The summed E-state index contributed by atoms with van der Waals surface area (Å²) in [5, 5.41) is 22.3. The van der Waals surface area contributed by atoms with Gasteiger partial charge in [-0.15, -0.1) is 11.3 Å². The number of thiazole rings is 1. The highest BCUT2D eigenvalue weighted by atomic mass is 35.5. The summed E-state index contributed by atoms with van der Waals surface area (Å²) < 4.78 is 55.2. The van der Waals surface area contributed by atoms with Crippen molar-refractivity contribution >= 4 is 79.5 Å². The highest BCUT2D eigenvalue weighted by Gasteiger charge is 2.44. The Balaban J connectivity index is 0.742. The summed E-state index contributed by atoms with van der Waals surface area (Å²) in [5.41, 5.74) is 7.19. The van der Waals surface area contributed by atoms with Crippen LogP contribution in [-0.4, -0.2) is 164 Å². The number of amides is 4. The van der Waals surface area contributed by atoms with E-state index in [0.717, 1.165) is 45.7 Å². The molecule has 0 aliphatic carbocycles. The van der Waals surface area contributed by atoms with Crippen molar-refractivity contribution in [3.8, 4) is 16.2 Å². The molecule has 2 aliphatic rings. The molecule has 5 N–H and O–H groups in total. The van der Waals surface area contributed by atoms with Crippen LogP contribution < -0.4 is 26.0 Å². The van der Waals surface area contributed by atoms with Gasteiger partial charge in [0.25, 0.3) is 0 Å². The number of aliphatic hydroxyl groups excluding tert-OH is 1. The van der Waals surface area contributed by atoms with E-state index < -0.39 is 44.6 Å². The molecule has 4 heterocycles. The number of carbonyl (C=O) groups is 4. The van der Waals surface area contributed by atoms with Crippen LogP contribution in [-0.2, 0) is 54.5 Å². The first-order valence-corrected chi connectivity index (χ1v) is 32.1. The minimum atomic E-state index is -3.60. The molecule has 2 fully saturated rings. The number of benzene rings is 3. The summed E-state index contributed by atoms with van der Waals surface area (Å²) in [6, 6.07) is 16.7. The third-order valence-electron chi connectivity index (χ3n) is 14.8. The summed E-state index contributed by atoms with van der Waals surface area (Å²) in [7, 11) is -3.60. The fraction of sp³-hybridized carbons (Fsp3) is 0.532. The zero-order valence-corrected chi connectivity index (χ0v) is 53.2. The lowest BCUT2D eigenvalue weighted by atomic mass is 9.85. The molecular weight excluding hydrogens is 1160 g/mol. The molecule has 4 amide bonds. The van der Waals surface area contributed by atoms with E-state index >= 15 is 0 Å². The number of nitrogens with zero attached hydrogens (tertiary/aromatic N) is 5. The number of ether oxygens (including phenoxy) is 5. The number of likely N-dealkylation sites (tertiary alicyclic amines) is 2. The van der Waals surface area contributed by atoms with Crippen LogP contribution in [0.3, 0.4) is 0 Å². The fourth-order valence-corrected chi connectivity index (χ4v) is 12.3. The van der Waals surface area contributed by atoms with Gasteiger partial charge in [0.15, 0.2) is 15.7 Å². The van der Waals surface area contributed by atoms with Crippen molar-refractivity contribution < 1.29 is 56.4 Å². The number of aromatic nitrogens is 3. The Morgan fingerprint density at radius 3 is 2.08 bits per heavy atom. The maximum absolute atomic E-state index is 14.0. The molecule has 0 saturated carbocycles. The van der Waals surface area contributed by atoms with Gasteiger partial charge in [-0.3, -0.25) is 19.2 Å². The SMILES string of the molecule is Cc1cc(Nc2ncc(Cl)c(Nc3ccccc3S(=O)(=O)C(C)C)n2)c(OC(C)C)cc1C1CCN(C(=O)CCOCCOCCOCCOCCC(=O)N[C@H](C(=O)N2C[C@H](O)C[C@H]2C(=O)NCc2ccc(-c3scnc3C)cc2)C(C)(C)C)CC1. The Morgan fingerprint density at radius 1 is 0.826 bits per heavy atom. The first-order valence-electron chi connectivity index (χ1n) is 29.3. The average molecular weight is 1250 g/mol. The van der Waals surface area contributed by atoms with Gasteiger partial charge < -0.3 is 59.9 Å². The number of anilines is 4. The topological polar surface area (TPSA) is 262 Å². The van der Waals surface area contributed by atoms with E-state index in [-0.39, 0.29) is 110 Å². The molecular formula is C62H84ClN9O12S2. The summed E-state index contributed by atoms with van der Waals surface area (Å²) in [5.74, 6) is 0.155. The Labute approximate surface area is 514 Å². The molecule has 2 aromatic heterocycles. The van der Waals surface area contributed by atoms with Gasteiger partial charge in [-0.2, -0.15) is 4.98 Å². The minimum Gasteiger partial charge on any atom is -0.489 e. The van der Waals surface area contributed by atoms with Crippen molar-refractivity contribution in [2.24, 2.45) is 5.41 Å². The Kier molecular flexibility index (Phi) is 24.7. The van der Waals surface area contributed by atoms with Crippen molar-refractivity contribution in [2.45, 2.75) is 141 Å². The van der Waals surface area contributed by atoms with E-state index in [2.05, 4.69) is 42.3 Å². The lowest BCUT2D eigenvalue weighted by molar-refractivity contribution is -0.144. The largest absolute Gasteiger partial charge is 0.489 e. The lowest BCUT2D eigenvalue weighted by Gasteiger charge is -2.35. The Bertz CT molecular complexity index is 3190. The molecule has 24 heteroatoms. The standard InChI is InChI=1S/C62H84ClN9O12S2/c1-39(2)84-52-34-47(41(5)32-50(52)68-61-65-36-48(63)58(70-61)67-49-12-10-11-13-53(49)86(78,79)40(3)4)44-18-22-71(23-19-44)55(75)21-25-81-27-29-83-31-30-82-28-26-80-24-20-54(74)69-57(62(7,8)9)60(77)72-37-46(73)33-51(72)59(76)64-35-43-14-16-45(17-15-43)56-42(6)66-38-85-56/h10-17,32,34,36,38-40,44,46,51,57,73H,18-31,33,35,37H2,1-9H3,(H,64,76)(H,69,74)(H2,65,67,68,70)/t46-,51+,57-/m1/s1. The molecule has 7 rings (SSSR count). The van der Waals surface area contributed by atoms with E-state index in [1.807, 2.05) is 89.2 Å². The molecule has 0 radical (unpaired) electrons. The van der Waals surface area contributed by atoms with Gasteiger partial charge in [0.2, 0.25) is 29.6 Å². The molecule has 86 heavy (non-hydrogen) atoms. The number of carbonyl (C=O) groups excluding carboxylic acids is 4. The van der Waals surface area contributed by atoms with Crippen LogP contribution in [0.15, 0.2) is 77.3 Å². The monoisotopic (exact) mass is 1250 g/mol. The predicted octanol–water partition coefficient (Wildman–Crippen LogP) is 8.69. The Hall–Kier alpha value is -6.31. The van der Waals surface area contributed by atoms with Crippen LogP contribution >= 0.6 is 22.9 Å². The zero-order valence-electron chi connectivity index (χ0n) is 50.8. The summed E-state index contributed by atoms with van der Waals surface area (Å²) in [6.45, 7) is 20.4. The van der Waals surface area contributed by atoms with Crippen LogP contribution in [0, 0.1) is 19.3 Å². The van der Waals surface area contributed by atoms with Crippen LogP contribution in [0.5, 0.6) is 5.75 Å². The summed E-state index contributed by atoms with van der Waals surface area (Å²) in [4.78, 5) is 71.6. The third kappa shape index (κ3) is 18.9. The number of halogens is 1. The van der Waals surface area contributed by atoms with Crippen molar-refractivity contribution in [3.63, 3.8) is 0 Å². The molecule has 3 aromatic carbocycles. The van der Waals surface area contributed by atoms with E-state index in [1.165, 1.54) is 11.1 Å². The van der Waals surface area contributed by atoms with Gasteiger partial charge in [-0.25, -0.2) is 18.4 Å². The van der Waals surface area contributed by atoms with Gasteiger partial charge in [0.1, 0.15) is 22.9 Å². The zero-order chi connectivity index (χ0) is 62.1. The van der Waals surface area contributed by atoms with Crippen LogP contribution in [0.2, 0.25) is 5.02 Å². The van der Waals surface area contributed by atoms with E-state index in [9.17, 15) is 32.7 Å². The number of β-amino-alcohol motifs (C(OH)–C–C–N with tert-alkyl or cyclic N) is 1. The highest BCUT2D eigenvalue weighted by Crippen LogP contribution is 2.39. The Morgan fingerprint density at radius 2 is 1.47 bits per heavy atom. The third-order valence-corrected chi connectivity index (χ3v) is 18.3. The first-order chi connectivity index (χ1) is 41.0. The fourth-order valence-electron chi connectivity index (χ4n) is 10.1. The number of aryl methyl sites for hydroxylation is 2. The molecule has 21 nitrogen and oxygen atoms in total. The second-order valence-corrected chi connectivity index (χ2v) is 26.9. The number of hydrogen-bond donors (Lipinski definition) is 5. The number of nitrogens with one attached hydrogen (secondary N) is 4. The molecule has 2 saturated heterocycles. The number of piperidine rings is 1. The van der Waals surface area contributed by atoms with Crippen LogP contribution in [0.1, 0.15) is 109 Å². The van der Waals surface area contributed by atoms with Gasteiger partial charge >= 0.3 is 0 Å². The molecule has 0 unspecified atom stereocenters. The number of sulfone groups is 1. The maximum Gasteiger partial charge on any atom is 0.246 e. The average Bonchev–Trinajstić information content (AvgIpc) is 1.81. The lowest BCUT2D eigenvalue weighted by Crippen LogP contribution is -2.57. The van der Waals surface area contributed by atoms with Gasteiger partial charge in [0.05, 0.1) is 115 Å². The number of aliphatic hydroxyl groups is 1. The van der Waals surface area contributed by atoms with E-state index in [1.54, 1.807) is 49.4 Å². The van der Waals surface area contributed by atoms with Gasteiger partial charge in [-0.1, -0.05) is 68.8 Å². The minimum absolute atomic E-state index is 0.00757. The van der Waals surface area contributed by atoms with E-state index in [0.29, 0.717) is 56.6 Å².